The van der Waals surface area contributed by atoms with Gasteiger partial charge >= 0.3 is 0 Å². The van der Waals surface area contributed by atoms with E-state index in [1.807, 2.05) is 41.3 Å². The van der Waals surface area contributed by atoms with Crippen molar-refractivity contribution in [2.45, 2.75) is 4.90 Å². The molecule has 0 fully saturated rings. The number of hydrogen-bond acceptors (Lipinski definition) is 6. The smallest absolute Gasteiger partial charge is 0.281 e. The number of sulfone groups is 1. The normalized spacial score (nSPS) is 13.1. The minimum Gasteiger partial charge on any atom is -0.384 e. The number of anilines is 3. The van der Waals surface area contributed by atoms with Gasteiger partial charge in [0.05, 0.1) is 10.6 Å². The molecule has 36 heavy (non-hydrogen) atoms. The van der Waals surface area contributed by atoms with Gasteiger partial charge < -0.3 is 16.0 Å². The maximum absolute atomic E-state index is 13.7. The molecular formula is C27H25N5O3S. The number of rotatable bonds is 5. The Kier molecular flexibility index (Phi) is 5.85. The number of pyridine rings is 1. The van der Waals surface area contributed by atoms with Crippen molar-refractivity contribution in [1.82, 2.24) is 4.57 Å². The number of amidine groups is 1. The van der Waals surface area contributed by atoms with E-state index in [4.69, 9.17) is 11.1 Å². The second kappa shape index (κ2) is 9.01. The first kappa shape index (κ1) is 23.4. The van der Waals surface area contributed by atoms with Gasteiger partial charge in [0, 0.05) is 48.0 Å². The highest BCUT2D eigenvalue weighted by molar-refractivity contribution is 7.90. The molecule has 0 aliphatic carbocycles. The highest BCUT2D eigenvalue weighted by Gasteiger charge is 2.23. The van der Waals surface area contributed by atoms with Crippen LogP contribution in [0.5, 0.6) is 0 Å². The Morgan fingerprint density at radius 1 is 0.972 bits per heavy atom. The highest BCUT2D eigenvalue weighted by atomic mass is 32.2. The molecule has 4 aromatic rings. The number of fused-ring (bicyclic) bond motifs is 1. The molecule has 9 heteroatoms. The Morgan fingerprint density at radius 3 is 2.44 bits per heavy atom. The van der Waals surface area contributed by atoms with Crippen molar-refractivity contribution < 1.29 is 8.42 Å². The Labute approximate surface area is 209 Å². The van der Waals surface area contributed by atoms with Crippen LogP contribution < -0.4 is 21.5 Å². The number of nitrogen functional groups attached to an aromatic ring is 1. The zero-order valence-electron chi connectivity index (χ0n) is 19.6. The monoisotopic (exact) mass is 499 g/mol. The third-order valence-corrected chi connectivity index (χ3v) is 7.35. The highest BCUT2D eigenvalue weighted by Crippen LogP contribution is 2.33. The number of nitrogens with two attached hydrogens (primary N) is 1. The second-order valence-corrected chi connectivity index (χ2v) is 10.6. The molecular weight excluding hydrogens is 474 g/mol. The van der Waals surface area contributed by atoms with Gasteiger partial charge in [0.1, 0.15) is 11.5 Å². The van der Waals surface area contributed by atoms with Crippen LogP contribution in [-0.2, 0) is 9.84 Å². The van der Waals surface area contributed by atoms with E-state index in [1.165, 1.54) is 6.26 Å². The molecule has 0 spiro atoms. The van der Waals surface area contributed by atoms with Crippen LogP contribution >= 0.6 is 0 Å². The summed E-state index contributed by atoms with van der Waals surface area (Å²) in [6, 6.07) is 23.3. The topological polar surface area (TPSA) is 121 Å². The largest absolute Gasteiger partial charge is 0.384 e. The van der Waals surface area contributed by atoms with Crippen LogP contribution in [0.1, 0.15) is 5.56 Å². The van der Waals surface area contributed by atoms with Crippen LogP contribution in [0.15, 0.2) is 94.7 Å². The number of nitrogens with one attached hydrogen (secondary N) is 2. The van der Waals surface area contributed by atoms with Crippen LogP contribution in [0.3, 0.4) is 0 Å². The maximum Gasteiger partial charge on any atom is 0.281 e. The summed E-state index contributed by atoms with van der Waals surface area (Å²) < 4.78 is 26.0. The van der Waals surface area contributed by atoms with E-state index in [1.54, 1.807) is 53.2 Å². The number of hydrogen-bond donors (Lipinski definition) is 3. The minimum absolute atomic E-state index is 0.0322. The van der Waals surface area contributed by atoms with Gasteiger partial charge in [-0.3, -0.25) is 14.8 Å². The molecule has 8 nitrogen and oxygen atoms in total. The van der Waals surface area contributed by atoms with Gasteiger partial charge in [0.25, 0.3) is 5.56 Å². The Bertz CT molecular complexity index is 1640. The molecule has 0 bridgehead atoms. The predicted octanol–water partition coefficient (Wildman–Crippen LogP) is 3.76. The molecule has 0 unspecified atom stereocenters. The number of benzene rings is 3. The van der Waals surface area contributed by atoms with Crippen LogP contribution in [0.25, 0.3) is 16.8 Å². The van der Waals surface area contributed by atoms with Crippen molar-refractivity contribution in [3.05, 3.63) is 101 Å². The first-order valence-corrected chi connectivity index (χ1v) is 13.2. The summed E-state index contributed by atoms with van der Waals surface area (Å²) in [5, 5.41) is 11.0. The van der Waals surface area contributed by atoms with Crippen LogP contribution in [-0.4, -0.2) is 38.2 Å². The molecule has 182 valence electrons. The van der Waals surface area contributed by atoms with Gasteiger partial charge in [-0.15, -0.1) is 0 Å². The molecule has 0 atom stereocenters. The van der Waals surface area contributed by atoms with Crippen molar-refractivity contribution in [2.75, 3.05) is 29.6 Å². The van der Waals surface area contributed by atoms with Crippen molar-refractivity contribution in [3.63, 3.8) is 0 Å². The van der Waals surface area contributed by atoms with Crippen molar-refractivity contribution in [2.24, 2.45) is 5.73 Å². The van der Waals surface area contributed by atoms with Crippen LogP contribution in [0.2, 0.25) is 0 Å². The van der Waals surface area contributed by atoms with Crippen LogP contribution in [0, 0.1) is 5.41 Å². The summed E-state index contributed by atoms with van der Waals surface area (Å²) in [6.45, 7) is 1.24. The van der Waals surface area contributed by atoms with E-state index < -0.39 is 9.84 Å². The van der Waals surface area contributed by atoms with Crippen molar-refractivity contribution >= 4 is 32.7 Å². The van der Waals surface area contributed by atoms with Gasteiger partial charge in [-0.2, -0.15) is 0 Å². The second-order valence-electron chi connectivity index (χ2n) is 8.61. The quantitative estimate of drug-likeness (QED) is 0.284. The zero-order chi connectivity index (χ0) is 25.4. The zero-order valence-corrected chi connectivity index (χ0v) is 20.4. The first-order valence-electron chi connectivity index (χ1n) is 11.4. The molecule has 0 saturated carbocycles. The lowest BCUT2D eigenvalue weighted by atomic mass is 10.1. The lowest BCUT2D eigenvalue weighted by molar-refractivity contribution is 0.602. The van der Waals surface area contributed by atoms with Crippen molar-refractivity contribution in [3.8, 4) is 16.8 Å². The van der Waals surface area contributed by atoms with E-state index in [9.17, 15) is 13.2 Å². The summed E-state index contributed by atoms with van der Waals surface area (Å²) in [7, 11) is -3.39. The summed E-state index contributed by atoms with van der Waals surface area (Å²) in [6.07, 6.45) is 2.92. The summed E-state index contributed by atoms with van der Waals surface area (Å²) in [4.78, 5) is 15.9. The summed E-state index contributed by atoms with van der Waals surface area (Å²) in [5.74, 6) is -0.0322. The van der Waals surface area contributed by atoms with Gasteiger partial charge in [-0.05, 0) is 42.0 Å². The standard InChI is InChI=1S/C27H25N5O3S/c1-36(34,35)24-8-3-2-7-22(24)18-9-11-20(12-10-18)32-15-13-23-25(27(32)33)31(16-14-30-23)21-6-4-5-19(17-21)26(28)29/h2-13,15,17,30H,14,16H2,1H3,(H3,28,29). The van der Waals surface area contributed by atoms with Gasteiger partial charge in [-0.1, -0.05) is 42.5 Å². The molecule has 5 rings (SSSR count). The third-order valence-electron chi connectivity index (χ3n) is 6.20. The number of nitrogens with zero attached hydrogens (tertiary/aromatic N) is 2. The first-order chi connectivity index (χ1) is 17.2. The van der Waals surface area contributed by atoms with Gasteiger partial charge in [0.2, 0.25) is 0 Å². The molecule has 1 aromatic heterocycles. The summed E-state index contributed by atoms with van der Waals surface area (Å²) in [5.41, 5.74) is 10.1. The maximum atomic E-state index is 13.7. The molecule has 2 heterocycles. The molecule has 0 amide bonds. The molecule has 0 saturated heterocycles. The predicted molar refractivity (Wildman–Crippen MR) is 144 cm³/mol. The van der Waals surface area contributed by atoms with Gasteiger partial charge in [-0.25, -0.2) is 8.42 Å². The van der Waals surface area contributed by atoms with Gasteiger partial charge in [0.15, 0.2) is 9.84 Å². The molecule has 1 aliphatic rings. The third kappa shape index (κ3) is 4.25. The van der Waals surface area contributed by atoms with E-state index in [0.717, 1.165) is 16.9 Å². The average Bonchev–Trinajstić information content (AvgIpc) is 2.88. The fourth-order valence-corrected chi connectivity index (χ4v) is 5.39. The van der Waals surface area contributed by atoms with E-state index in [2.05, 4.69) is 5.32 Å². The fourth-order valence-electron chi connectivity index (χ4n) is 4.48. The average molecular weight is 500 g/mol. The molecule has 3 aromatic carbocycles. The minimum atomic E-state index is -3.39. The molecule has 1 aliphatic heterocycles. The van der Waals surface area contributed by atoms with E-state index in [0.29, 0.717) is 35.6 Å². The number of aromatic nitrogens is 1. The SMILES string of the molecule is CS(=O)(=O)c1ccccc1-c1ccc(-n2ccc3c(c2=O)N(c2cccc(C(=N)N)c2)CCN3)cc1. The lowest BCUT2D eigenvalue weighted by Gasteiger charge is -2.32. The fraction of sp³-hybridized carbons (Fsp3) is 0.111. The van der Waals surface area contributed by atoms with Crippen molar-refractivity contribution in [1.29, 1.82) is 5.41 Å². The van der Waals surface area contributed by atoms with E-state index >= 15 is 0 Å². The Balaban J connectivity index is 1.56. The molecule has 0 radical (unpaired) electrons. The summed E-state index contributed by atoms with van der Waals surface area (Å²) >= 11 is 0. The Hall–Kier alpha value is -4.37. The van der Waals surface area contributed by atoms with E-state index in [-0.39, 0.29) is 16.3 Å². The lowest BCUT2D eigenvalue weighted by Crippen LogP contribution is -2.36. The Morgan fingerprint density at radius 2 is 1.72 bits per heavy atom. The molecule has 4 N–H and O–H groups in total. The van der Waals surface area contributed by atoms with Crippen LogP contribution in [0.4, 0.5) is 17.1 Å².